The van der Waals surface area contributed by atoms with Gasteiger partial charge in [-0.3, -0.25) is 14.4 Å². The molecular formula is C20H27N5OS. The number of likely N-dealkylation sites (N-methyl/N-ethyl adjacent to an activating group) is 1. The maximum Gasteiger partial charge on any atom is 0.250 e. The second-order valence-electron chi connectivity index (χ2n) is 7.28. The maximum absolute atomic E-state index is 13.1. The first-order chi connectivity index (χ1) is 12.8. The van der Waals surface area contributed by atoms with Crippen molar-refractivity contribution in [3.05, 3.63) is 40.7 Å². The standard InChI is InChI=1S/C20H27N5OS/c1-13-7-8-17-19(16(13)4)21-20(27-17)24(10-9-23(5)6)18(26)12-25-15(3)11-14(2)22-25/h7-8,11H,9-10,12H2,1-6H3. The van der Waals surface area contributed by atoms with Crippen molar-refractivity contribution >= 4 is 32.6 Å². The number of hydrogen-bond donors (Lipinski definition) is 0. The highest BCUT2D eigenvalue weighted by molar-refractivity contribution is 7.22. The molecule has 27 heavy (non-hydrogen) atoms. The van der Waals surface area contributed by atoms with Crippen molar-refractivity contribution in [2.24, 2.45) is 0 Å². The van der Waals surface area contributed by atoms with Gasteiger partial charge in [0.05, 0.1) is 15.9 Å². The summed E-state index contributed by atoms with van der Waals surface area (Å²) in [6.45, 7) is 9.69. The minimum absolute atomic E-state index is 0.0106. The van der Waals surface area contributed by atoms with Crippen molar-refractivity contribution in [1.82, 2.24) is 19.7 Å². The number of nitrogens with zero attached hydrogens (tertiary/aromatic N) is 5. The van der Waals surface area contributed by atoms with Crippen molar-refractivity contribution in [1.29, 1.82) is 0 Å². The Morgan fingerprint density at radius 3 is 2.52 bits per heavy atom. The fourth-order valence-corrected chi connectivity index (χ4v) is 4.07. The van der Waals surface area contributed by atoms with Crippen LogP contribution < -0.4 is 4.90 Å². The summed E-state index contributed by atoms with van der Waals surface area (Å²) in [5, 5.41) is 5.19. The second kappa shape index (κ2) is 7.78. The first-order valence-electron chi connectivity index (χ1n) is 9.09. The number of amides is 1. The van der Waals surface area contributed by atoms with Crippen LogP contribution in [0.3, 0.4) is 0 Å². The van der Waals surface area contributed by atoms with Crippen molar-refractivity contribution in [3.8, 4) is 0 Å². The molecule has 0 fully saturated rings. The fourth-order valence-electron chi connectivity index (χ4n) is 3.01. The Balaban J connectivity index is 1.94. The molecule has 0 saturated carbocycles. The summed E-state index contributed by atoms with van der Waals surface area (Å²) in [5.41, 5.74) is 5.29. The van der Waals surface area contributed by atoms with E-state index in [2.05, 4.69) is 36.0 Å². The van der Waals surface area contributed by atoms with E-state index in [1.807, 2.05) is 34.0 Å². The first-order valence-corrected chi connectivity index (χ1v) is 9.91. The molecule has 0 aliphatic carbocycles. The minimum atomic E-state index is 0.0106. The van der Waals surface area contributed by atoms with Crippen LogP contribution in [0.4, 0.5) is 5.13 Å². The molecule has 0 aliphatic rings. The Morgan fingerprint density at radius 2 is 1.89 bits per heavy atom. The highest BCUT2D eigenvalue weighted by Crippen LogP contribution is 2.32. The summed E-state index contributed by atoms with van der Waals surface area (Å²) in [6, 6.07) is 6.19. The largest absolute Gasteiger partial charge is 0.308 e. The van der Waals surface area contributed by atoms with Crippen LogP contribution in [0.15, 0.2) is 18.2 Å². The van der Waals surface area contributed by atoms with Gasteiger partial charge in [0.2, 0.25) is 0 Å². The zero-order valence-electron chi connectivity index (χ0n) is 16.9. The van der Waals surface area contributed by atoms with Crippen molar-refractivity contribution < 1.29 is 4.79 Å². The molecule has 0 radical (unpaired) electrons. The Bertz CT molecular complexity index is 972. The number of carbonyl (C=O) groups is 1. The third-order valence-electron chi connectivity index (χ3n) is 4.76. The number of carbonyl (C=O) groups excluding carboxylic acids is 1. The normalized spacial score (nSPS) is 11.5. The topological polar surface area (TPSA) is 54.3 Å². The molecule has 6 nitrogen and oxygen atoms in total. The van der Waals surface area contributed by atoms with Crippen molar-refractivity contribution in [2.45, 2.75) is 34.2 Å². The van der Waals surface area contributed by atoms with Crippen LogP contribution in [0.2, 0.25) is 0 Å². The lowest BCUT2D eigenvalue weighted by Crippen LogP contribution is -2.39. The van der Waals surface area contributed by atoms with Gasteiger partial charge in [0.25, 0.3) is 5.91 Å². The molecular weight excluding hydrogens is 358 g/mol. The number of fused-ring (bicyclic) bond motifs is 1. The van der Waals surface area contributed by atoms with Gasteiger partial charge in [-0.15, -0.1) is 0 Å². The van der Waals surface area contributed by atoms with Gasteiger partial charge in [0.15, 0.2) is 5.13 Å². The number of benzene rings is 1. The van der Waals surface area contributed by atoms with Gasteiger partial charge >= 0.3 is 0 Å². The fraction of sp³-hybridized carbons (Fsp3) is 0.450. The molecule has 144 valence electrons. The lowest BCUT2D eigenvalue weighted by Gasteiger charge is -2.22. The van der Waals surface area contributed by atoms with Crippen molar-refractivity contribution in [2.75, 3.05) is 32.1 Å². The molecule has 1 aromatic carbocycles. The van der Waals surface area contributed by atoms with E-state index >= 15 is 0 Å². The molecule has 1 amide bonds. The molecule has 3 aromatic rings. The van der Waals surface area contributed by atoms with Gasteiger partial charge in [0.1, 0.15) is 6.54 Å². The van der Waals surface area contributed by atoms with E-state index in [1.54, 1.807) is 20.9 Å². The predicted octanol–water partition coefficient (Wildman–Crippen LogP) is 3.32. The molecule has 0 unspecified atom stereocenters. The van der Waals surface area contributed by atoms with Gasteiger partial charge < -0.3 is 4.90 Å². The maximum atomic E-state index is 13.1. The Kier molecular flexibility index (Phi) is 5.62. The molecule has 3 rings (SSSR count). The van der Waals surface area contributed by atoms with Crippen LogP contribution in [-0.4, -0.2) is 52.8 Å². The van der Waals surface area contributed by atoms with Gasteiger partial charge in [-0.25, -0.2) is 4.98 Å². The van der Waals surface area contributed by atoms with E-state index in [0.717, 1.165) is 33.3 Å². The summed E-state index contributed by atoms with van der Waals surface area (Å²) in [4.78, 5) is 21.8. The third kappa shape index (κ3) is 4.20. The van der Waals surface area contributed by atoms with Gasteiger partial charge in [-0.1, -0.05) is 17.4 Å². The average molecular weight is 386 g/mol. The number of anilines is 1. The molecule has 2 heterocycles. The van der Waals surface area contributed by atoms with E-state index in [9.17, 15) is 4.79 Å². The highest BCUT2D eigenvalue weighted by atomic mass is 32.1. The minimum Gasteiger partial charge on any atom is -0.308 e. The summed E-state index contributed by atoms with van der Waals surface area (Å²) in [5.74, 6) is 0.0106. The van der Waals surface area contributed by atoms with Crippen molar-refractivity contribution in [3.63, 3.8) is 0 Å². The second-order valence-corrected chi connectivity index (χ2v) is 8.29. The summed E-state index contributed by atoms with van der Waals surface area (Å²) in [7, 11) is 4.02. The van der Waals surface area contributed by atoms with Gasteiger partial charge in [-0.2, -0.15) is 5.10 Å². The van der Waals surface area contributed by atoms with Crippen LogP contribution in [-0.2, 0) is 11.3 Å². The summed E-state index contributed by atoms with van der Waals surface area (Å²) >= 11 is 1.57. The van der Waals surface area contributed by atoms with E-state index in [4.69, 9.17) is 4.98 Å². The molecule has 0 spiro atoms. The van der Waals surface area contributed by atoms with E-state index < -0.39 is 0 Å². The van der Waals surface area contributed by atoms with E-state index in [1.165, 1.54) is 11.1 Å². The highest BCUT2D eigenvalue weighted by Gasteiger charge is 2.22. The van der Waals surface area contributed by atoms with Crippen LogP contribution in [0.5, 0.6) is 0 Å². The van der Waals surface area contributed by atoms with Crippen LogP contribution in [0.1, 0.15) is 22.5 Å². The van der Waals surface area contributed by atoms with Crippen LogP contribution >= 0.6 is 11.3 Å². The van der Waals surface area contributed by atoms with Crippen LogP contribution in [0.25, 0.3) is 10.2 Å². The zero-order chi connectivity index (χ0) is 19.7. The average Bonchev–Trinajstić information content (AvgIpc) is 3.15. The summed E-state index contributed by atoms with van der Waals surface area (Å²) in [6.07, 6.45) is 0. The van der Waals surface area contributed by atoms with E-state index in [-0.39, 0.29) is 12.5 Å². The van der Waals surface area contributed by atoms with Gasteiger partial charge in [-0.05, 0) is 65.0 Å². The number of rotatable bonds is 6. The number of hydrogen-bond acceptors (Lipinski definition) is 5. The summed E-state index contributed by atoms with van der Waals surface area (Å²) < 4.78 is 2.88. The van der Waals surface area contributed by atoms with Crippen LogP contribution in [0, 0.1) is 27.7 Å². The molecule has 7 heteroatoms. The predicted molar refractivity (Wildman–Crippen MR) is 112 cm³/mol. The lowest BCUT2D eigenvalue weighted by atomic mass is 10.1. The lowest BCUT2D eigenvalue weighted by molar-refractivity contribution is -0.119. The Morgan fingerprint density at radius 1 is 1.15 bits per heavy atom. The smallest absolute Gasteiger partial charge is 0.250 e. The quantitative estimate of drug-likeness (QED) is 0.653. The SMILES string of the molecule is Cc1cc(C)n(CC(=O)N(CCN(C)C)c2nc3c(C)c(C)ccc3s2)n1. The number of aromatic nitrogens is 3. The third-order valence-corrected chi connectivity index (χ3v) is 5.81. The molecule has 0 bridgehead atoms. The van der Waals surface area contributed by atoms with Gasteiger partial charge in [0, 0.05) is 18.8 Å². The zero-order valence-corrected chi connectivity index (χ0v) is 17.7. The molecule has 2 aromatic heterocycles. The number of thiazole rings is 1. The molecule has 0 N–H and O–H groups in total. The monoisotopic (exact) mass is 385 g/mol. The Labute approximate surface area is 164 Å². The van der Waals surface area contributed by atoms with E-state index in [0.29, 0.717) is 6.54 Å². The molecule has 0 aliphatic heterocycles. The molecule has 0 saturated heterocycles. The number of aryl methyl sites for hydroxylation is 4. The Hall–Kier alpha value is -2.25. The first kappa shape index (κ1) is 19.5. The molecule has 0 atom stereocenters.